The van der Waals surface area contributed by atoms with Crippen LogP contribution in [0.15, 0.2) is 78.9 Å². The van der Waals surface area contributed by atoms with Crippen molar-refractivity contribution in [2.45, 2.75) is 12.8 Å². The van der Waals surface area contributed by atoms with E-state index in [1.165, 1.54) is 0 Å². The van der Waals surface area contributed by atoms with E-state index in [1.54, 1.807) is 35.8 Å². The van der Waals surface area contributed by atoms with Crippen LogP contribution in [0.3, 0.4) is 0 Å². The monoisotopic (exact) mass is 360 g/mol. The maximum absolute atomic E-state index is 12.4. The van der Waals surface area contributed by atoms with Gasteiger partial charge >= 0.3 is 0 Å². The molecule has 1 atom stereocenters. The summed E-state index contributed by atoms with van der Waals surface area (Å²) < 4.78 is 0. The van der Waals surface area contributed by atoms with E-state index < -0.39 is 11.8 Å². The van der Waals surface area contributed by atoms with Crippen LogP contribution in [-0.4, -0.2) is 17.0 Å². The normalized spacial score (nSPS) is 11.5. The highest BCUT2D eigenvalue weighted by molar-refractivity contribution is 6.05. The molecule has 0 heterocycles. The van der Waals surface area contributed by atoms with Crippen LogP contribution in [-0.2, 0) is 4.79 Å². The maximum atomic E-state index is 12.4. The van der Waals surface area contributed by atoms with Crippen LogP contribution in [0.5, 0.6) is 0 Å². The van der Waals surface area contributed by atoms with Crippen LogP contribution in [0, 0.1) is 6.92 Å². The van der Waals surface area contributed by atoms with Gasteiger partial charge in [0, 0.05) is 11.3 Å². The molecule has 0 fully saturated rings. The first-order valence-electron chi connectivity index (χ1n) is 8.56. The number of hydroxylamine groups is 1. The van der Waals surface area contributed by atoms with Crippen molar-refractivity contribution in [3.63, 3.8) is 0 Å². The molecule has 0 aliphatic carbocycles. The van der Waals surface area contributed by atoms with Crippen molar-refractivity contribution in [3.8, 4) is 0 Å². The summed E-state index contributed by atoms with van der Waals surface area (Å²) in [6, 6.07) is 23.6. The van der Waals surface area contributed by atoms with Gasteiger partial charge in [-0.05, 0) is 41.8 Å². The lowest BCUT2D eigenvalue weighted by Gasteiger charge is -2.16. The quantitative estimate of drug-likeness (QED) is 0.477. The fraction of sp³-hybridized carbons (Fsp3) is 0.0909. The summed E-state index contributed by atoms with van der Waals surface area (Å²) in [5, 5.41) is 12.0. The molecule has 0 saturated carbocycles. The molecule has 0 aliphatic heterocycles. The molecule has 0 saturated heterocycles. The van der Waals surface area contributed by atoms with E-state index in [2.05, 4.69) is 5.32 Å². The fourth-order valence-electron chi connectivity index (χ4n) is 2.99. The van der Waals surface area contributed by atoms with Crippen molar-refractivity contribution in [1.82, 2.24) is 5.48 Å². The van der Waals surface area contributed by atoms with E-state index in [9.17, 15) is 9.59 Å². The lowest BCUT2D eigenvalue weighted by molar-refractivity contribution is -0.129. The van der Waals surface area contributed by atoms with Gasteiger partial charge in [0.05, 0.1) is 5.92 Å². The third-order valence-corrected chi connectivity index (χ3v) is 4.40. The first kappa shape index (κ1) is 18.4. The number of rotatable bonds is 5. The van der Waals surface area contributed by atoms with Crippen molar-refractivity contribution in [1.29, 1.82) is 0 Å². The standard InChI is InChI=1S/C22H20N2O3/c1-15-7-5-6-10-19(15)21(25)23-18-13-11-17(12-14-18)20(22(26)24-27)16-8-3-2-4-9-16/h2-14,20,27H,1H3,(H,23,25)(H,24,26). The van der Waals surface area contributed by atoms with Gasteiger partial charge in [0.2, 0.25) is 0 Å². The molecule has 2 amide bonds. The molecule has 5 nitrogen and oxygen atoms in total. The number of carbonyl (C=O) groups is 2. The van der Waals surface area contributed by atoms with E-state index in [0.29, 0.717) is 16.8 Å². The second-order valence-corrected chi connectivity index (χ2v) is 6.21. The molecule has 0 aromatic heterocycles. The Bertz CT molecular complexity index is 937. The summed E-state index contributed by atoms with van der Waals surface area (Å²) >= 11 is 0. The zero-order chi connectivity index (χ0) is 19.2. The molecule has 0 bridgehead atoms. The average molecular weight is 360 g/mol. The first-order chi connectivity index (χ1) is 13.1. The van der Waals surface area contributed by atoms with Gasteiger partial charge in [-0.2, -0.15) is 0 Å². The highest BCUT2D eigenvalue weighted by Crippen LogP contribution is 2.26. The number of nitrogens with one attached hydrogen (secondary N) is 2. The van der Waals surface area contributed by atoms with E-state index in [4.69, 9.17) is 5.21 Å². The third kappa shape index (κ3) is 4.22. The predicted molar refractivity (Wildman–Crippen MR) is 104 cm³/mol. The molecule has 0 spiro atoms. The van der Waals surface area contributed by atoms with Crippen molar-refractivity contribution in [3.05, 3.63) is 101 Å². The molecule has 5 heteroatoms. The topological polar surface area (TPSA) is 78.4 Å². The molecule has 0 aliphatic rings. The fourth-order valence-corrected chi connectivity index (χ4v) is 2.99. The Kier molecular flexibility index (Phi) is 5.64. The molecule has 3 aromatic carbocycles. The van der Waals surface area contributed by atoms with Gasteiger partial charge in [0.15, 0.2) is 0 Å². The number of benzene rings is 3. The van der Waals surface area contributed by atoms with Gasteiger partial charge in [-0.1, -0.05) is 60.7 Å². The molecule has 1 unspecified atom stereocenters. The minimum absolute atomic E-state index is 0.187. The Morgan fingerprint density at radius 2 is 1.41 bits per heavy atom. The third-order valence-electron chi connectivity index (χ3n) is 4.40. The highest BCUT2D eigenvalue weighted by Gasteiger charge is 2.22. The summed E-state index contributed by atoms with van der Waals surface area (Å²) in [7, 11) is 0. The lowest BCUT2D eigenvalue weighted by atomic mass is 9.90. The predicted octanol–water partition coefficient (Wildman–Crippen LogP) is 3.88. The summed E-state index contributed by atoms with van der Waals surface area (Å²) in [6.07, 6.45) is 0. The minimum atomic E-state index is -0.641. The number of carbonyl (C=O) groups excluding carboxylic acids is 2. The summed E-state index contributed by atoms with van der Waals surface area (Å²) in [5.74, 6) is -1.34. The molecular formula is C22H20N2O3. The van der Waals surface area contributed by atoms with Crippen LogP contribution in [0.1, 0.15) is 33.0 Å². The summed E-state index contributed by atoms with van der Waals surface area (Å²) in [5.41, 5.74) is 5.34. The van der Waals surface area contributed by atoms with E-state index in [1.807, 2.05) is 55.5 Å². The first-order valence-corrected chi connectivity index (χ1v) is 8.56. The van der Waals surface area contributed by atoms with Gasteiger partial charge < -0.3 is 5.32 Å². The largest absolute Gasteiger partial charge is 0.322 e. The number of amides is 2. The van der Waals surface area contributed by atoms with Crippen molar-refractivity contribution in [2.75, 3.05) is 5.32 Å². The highest BCUT2D eigenvalue weighted by atomic mass is 16.5. The minimum Gasteiger partial charge on any atom is -0.322 e. The van der Waals surface area contributed by atoms with Gasteiger partial charge in [-0.3, -0.25) is 14.8 Å². The molecule has 3 rings (SSSR count). The van der Waals surface area contributed by atoms with Crippen molar-refractivity contribution >= 4 is 17.5 Å². The van der Waals surface area contributed by atoms with Gasteiger partial charge in [-0.15, -0.1) is 0 Å². The number of anilines is 1. The van der Waals surface area contributed by atoms with E-state index >= 15 is 0 Å². The molecule has 3 aromatic rings. The molecule has 136 valence electrons. The molecule has 0 radical (unpaired) electrons. The molecule has 3 N–H and O–H groups in total. The van der Waals surface area contributed by atoms with Crippen LogP contribution in [0.25, 0.3) is 0 Å². The second kappa shape index (κ2) is 8.29. The second-order valence-electron chi connectivity index (χ2n) is 6.21. The zero-order valence-corrected chi connectivity index (χ0v) is 14.8. The van der Waals surface area contributed by atoms with Gasteiger partial charge in [0.1, 0.15) is 0 Å². The van der Waals surface area contributed by atoms with Crippen LogP contribution < -0.4 is 10.8 Å². The smallest absolute Gasteiger partial charge is 0.255 e. The number of hydrogen-bond donors (Lipinski definition) is 3. The Morgan fingerprint density at radius 1 is 0.815 bits per heavy atom. The van der Waals surface area contributed by atoms with E-state index in [0.717, 1.165) is 11.1 Å². The van der Waals surface area contributed by atoms with Crippen LogP contribution >= 0.6 is 0 Å². The Balaban J connectivity index is 1.82. The zero-order valence-electron chi connectivity index (χ0n) is 14.8. The van der Waals surface area contributed by atoms with Crippen molar-refractivity contribution < 1.29 is 14.8 Å². The Labute approximate surface area is 157 Å². The number of aryl methyl sites for hydroxylation is 1. The average Bonchev–Trinajstić information content (AvgIpc) is 2.70. The SMILES string of the molecule is Cc1ccccc1C(=O)Nc1ccc(C(C(=O)NO)c2ccccc2)cc1. The Hall–Kier alpha value is -3.44. The Morgan fingerprint density at radius 3 is 2.04 bits per heavy atom. The lowest BCUT2D eigenvalue weighted by Crippen LogP contribution is -2.27. The van der Waals surface area contributed by atoms with Crippen LogP contribution in [0.4, 0.5) is 5.69 Å². The van der Waals surface area contributed by atoms with Gasteiger partial charge in [-0.25, -0.2) is 5.48 Å². The maximum Gasteiger partial charge on any atom is 0.255 e. The van der Waals surface area contributed by atoms with Crippen molar-refractivity contribution in [2.24, 2.45) is 0 Å². The van der Waals surface area contributed by atoms with Gasteiger partial charge in [0.25, 0.3) is 11.8 Å². The molecular weight excluding hydrogens is 340 g/mol. The summed E-state index contributed by atoms with van der Waals surface area (Å²) in [4.78, 5) is 24.6. The van der Waals surface area contributed by atoms with Crippen LogP contribution in [0.2, 0.25) is 0 Å². The van der Waals surface area contributed by atoms with E-state index in [-0.39, 0.29) is 5.91 Å². The number of hydrogen-bond acceptors (Lipinski definition) is 3. The molecule has 27 heavy (non-hydrogen) atoms. The summed E-state index contributed by atoms with van der Waals surface area (Å²) in [6.45, 7) is 1.88.